The first kappa shape index (κ1) is 14.5. The number of thioether (sulfide) groups is 1. The van der Waals surface area contributed by atoms with Crippen molar-refractivity contribution >= 4 is 33.4 Å². The summed E-state index contributed by atoms with van der Waals surface area (Å²) in [7, 11) is 0. The van der Waals surface area contributed by atoms with E-state index in [9.17, 15) is 0 Å². The van der Waals surface area contributed by atoms with E-state index < -0.39 is 0 Å². The van der Waals surface area contributed by atoms with Gasteiger partial charge in [-0.2, -0.15) is 10.3 Å². The van der Waals surface area contributed by atoms with Crippen molar-refractivity contribution in [1.29, 1.82) is 5.26 Å². The molecular formula is C13H13N5S2. The summed E-state index contributed by atoms with van der Waals surface area (Å²) in [6.45, 7) is 3.97. The molecular weight excluding hydrogens is 290 g/mol. The fourth-order valence-corrected chi connectivity index (χ4v) is 2.88. The van der Waals surface area contributed by atoms with Gasteiger partial charge in [-0.3, -0.25) is 10.3 Å². The number of hydrogen-bond acceptors (Lipinski definition) is 6. The number of rotatable bonds is 2. The van der Waals surface area contributed by atoms with Crippen molar-refractivity contribution in [3.05, 3.63) is 29.6 Å². The third kappa shape index (κ3) is 3.35. The normalized spacial score (nSPS) is 11.2. The zero-order chi connectivity index (χ0) is 14.5. The number of pyridine rings is 1. The number of thiazole rings is 1. The lowest BCUT2D eigenvalue weighted by Crippen LogP contribution is -2.12. The fraction of sp³-hybridized carbons (Fsp3) is 0.231. The van der Waals surface area contributed by atoms with Crippen LogP contribution in [-0.2, 0) is 0 Å². The van der Waals surface area contributed by atoms with Gasteiger partial charge in [-0.15, -0.1) is 0 Å². The Bertz CT molecular complexity index is 684. The number of aryl methyl sites for hydroxylation is 2. The van der Waals surface area contributed by atoms with E-state index in [0.717, 1.165) is 21.8 Å². The van der Waals surface area contributed by atoms with Crippen molar-refractivity contribution in [2.45, 2.75) is 13.8 Å². The first-order valence-electron chi connectivity index (χ1n) is 5.82. The summed E-state index contributed by atoms with van der Waals surface area (Å²) in [5.41, 5.74) is 2.95. The topological polar surface area (TPSA) is 74.0 Å². The minimum absolute atomic E-state index is 0.532. The summed E-state index contributed by atoms with van der Waals surface area (Å²) < 4.78 is 0. The molecule has 0 bridgehead atoms. The minimum Gasteiger partial charge on any atom is -0.271 e. The van der Waals surface area contributed by atoms with Crippen LogP contribution >= 0.6 is 23.1 Å². The smallest absolute Gasteiger partial charge is 0.212 e. The number of hydrogen-bond donors (Lipinski definition) is 1. The van der Waals surface area contributed by atoms with Crippen molar-refractivity contribution in [3.63, 3.8) is 0 Å². The second-order valence-corrected chi connectivity index (χ2v) is 5.76. The molecule has 5 nitrogen and oxygen atoms in total. The van der Waals surface area contributed by atoms with Gasteiger partial charge in [0.15, 0.2) is 11.4 Å². The zero-order valence-electron chi connectivity index (χ0n) is 11.3. The van der Waals surface area contributed by atoms with Gasteiger partial charge in [0, 0.05) is 6.20 Å². The van der Waals surface area contributed by atoms with Gasteiger partial charge in [0.2, 0.25) is 5.13 Å². The van der Waals surface area contributed by atoms with Gasteiger partial charge in [-0.05, 0) is 37.8 Å². The van der Waals surface area contributed by atoms with Crippen molar-refractivity contribution in [2.24, 2.45) is 4.99 Å². The Morgan fingerprint density at radius 3 is 2.95 bits per heavy atom. The van der Waals surface area contributed by atoms with Crippen LogP contribution < -0.4 is 5.32 Å². The summed E-state index contributed by atoms with van der Waals surface area (Å²) in [6, 6.07) is 3.98. The molecule has 2 aromatic rings. The van der Waals surface area contributed by atoms with Gasteiger partial charge in [0.1, 0.15) is 0 Å². The van der Waals surface area contributed by atoms with Crippen molar-refractivity contribution < 1.29 is 0 Å². The van der Waals surface area contributed by atoms with E-state index in [-0.39, 0.29) is 0 Å². The molecule has 0 saturated heterocycles. The lowest BCUT2D eigenvalue weighted by Gasteiger charge is -1.98. The van der Waals surface area contributed by atoms with Crippen LogP contribution in [0.3, 0.4) is 0 Å². The van der Waals surface area contributed by atoms with Crippen LogP contribution in [0, 0.1) is 25.3 Å². The number of aliphatic imine (C=N–C) groups is 1. The average molecular weight is 303 g/mol. The second kappa shape index (κ2) is 6.50. The second-order valence-electron chi connectivity index (χ2n) is 3.99. The molecule has 0 radical (unpaired) electrons. The third-order valence-electron chi connectivity index (χ3n) is 2.49. The van der Waals surface area contributed by atoms with Crippen LogP contribution in [0.1, 0.15) is 11.3 Å². The highest BCUT2D eigenvalue weighted by Gasteiger charge is 2.11. The van der Waals surface area contributed by atoms with Gasteiger partial charge in [-0.1, -0.05) is 23.1 Å². The van der Waals surface area contributed by atoms with Crippen LogP contribution in [0.5, 0.6) is 0 Å². The van der Waals surface area contributed by atoms with E-state index in [1.165, 1.54) is 23.1 Å². The highest BCUT2D eigenvalue weighted by Crippen LogP contribution is 2.33. The van der Waals surface area contributed by atoms with E-state index in [1.807, 2.05) is 38.4 Å². The van der Waals surface area contributed by atoms with E-state index >= 15 is 0 Å². The molecule has 0 aromatic carbocycles. The van der Waals surface area contributed by atoms with Crippen LogP contribution in [0.2, 0.25) is 0 Å². The van der Waals surface area contributed by atoms with Gasteiger partial charge in [-0.25, -0.2) is 4.98 Å². The molecule has 7 heteroatoms. The highest BCUT2D eigenvalue weighted by molar-refractivity contribution is 8.13. The maximum absolute atomic E-state index is 8.63. The number of aromatic nitrogens is 2. The van der Waals surface area contributed by atoms with Crippen LogP contribution in [0.25, 0.3) is 10.6 Å². The Labute approximate surface area is 125 Å². The molecule has 0 aliphatic heterocycles. The Morgan fingerprint density at radius 2 is 2.30 bits per heavy atom. The summed E-state index contributed by atoms with van der Waals surface area (Å²) in [5, 5.41) is 12.3. The summed E-state index contributed by atoms with van der Waals surface area (Å²) in [5.74, 6) is 0. The molecule has 0 fully saturated rings. The molecule has 0 atom stereocenters. The van der Waals surface area contributed by atoms with E-state index in [4.69, 9.17) is 5.26 Å². The maximum atomic E-state index is 8.63. The zero-order valence-corrected chi connectivity index (χ0v) is 13.0. The predicted octanol–water partition coefficient (Wildman–Crippen LogP) is 3.24. The molecule has 0 spiro atoms. The van der Waals surface area contributed by atoms with Crippen molar-refractivity contribution in [1.82, 2.24) is 15.3 Å². The minimum atomic E-state index is 0.532. The molecule has 0 unspecified atom stereocenters. The van der Waals surface area contributed by atoms with Crippen molar-refractivity contribution in [2.75, 3.05) is 6.26 Å². The molecule has 2 heterocycles. The van der Waals surface area contributed by atoms with Gasteiger partial charge in [0.05, 0.1) is 16.3 Å². The Hall–Kier alpha value is -1.91. The molecule has 0 aliphatic rings. The number of nitriles is 1. The van der Waals surface area contributed by atoms with E-state index in [1.54, 1.807) is 6.20 Å². The van der Waals surface area contributed by atoms with Crippen LogP contribution in [0.4, 0.5) is 5.13 Å². The van der Waals surface area contributed by atoms with Gasteiger partial charge < -0.3 is 0 Å². The Kier molecular flexibility index (Phi) is 4.71. The Morgan fingerprint density at radius 1 is 1.50 bits per heavy atom. The first-order chi connectivity index (χ1) is 9.63. The Balaban J connectivity index is 2.37. The average Bonchev–Trinajstić information content (AvgIpc) is 2.79. The third-order valence-corrected chi connectivity index (χ3v) is 4.14. The quantitative estimate of drug-likeness (QED) is 0.399. The molecule has 20 heavy (non-hydrogen) atoms. The molecule has 2 aromatic heterocycles. The SMILES string of the molecule is CSC(=Nc1nc(C)c(-c2cc(C)ccn2)s1)NC#N. The standard InChI is InChI=1S/C13H13N5S2/c1-8-4-5-15-10(6-8)11-9(2)17-13(20-11)18-12(19-3)16-7-14/h4-6H,1-3H3,(H,16,17,18). The number of nitrogens with zero attached hydrogens (tertiary/aromatic N) is 4. The van der Waals surface area contributed by atoms with Gasteiger partial charge in [0.25, 0.3) is 0 Å². The lowest BCUT2D eigenvalue weighted by atomic mass is 10.2. The largest absolute Gasteiger partial charge is 0.271 e. The number of amidine groups is 1. The van der Waals surface area contributed by atoms with Crippen LogP contribution in [-0.4, -0.2) is 21.4 Å². The first-order valence-corrected chi connectivity index (χ1v) is 7.86. The molecule has 1 N–H and O–H groups in total. The summed E-state index contributed by atoms with van der Waals surface area (Å²) >= 11 is 2.84. The van der Waals surface area contributed by atoms with E-state index in [2.05, 4.69) is 20.3 Å². The van der Waals surface area contributed by atoms with Crippen LogP contribution in [0.15, 0.2) is 23.3 Å². The van der Waals surface area contributed by atoms with E-state index in [0.29, 0.717) is 10.3 Å². The van der Waals surface area contributed by atoms with Gasteiger partial charge >= 0.3 is 0 Å². The summed E-state index contributed by atoms with van der Waals surface area (Å²) in [4.78, 5) is 14.1. The molecule has 102 valence electrons. The monoisotopic (exact) mass is 303 g/mol. The molecule has 0 saturated carbocycles. The molecule has 2 rings (SSSR count). The highest BCUT2D eigenvalue weighted by atomic mass is 32.2. The molecule has 0 amide bonds. The molecule has 0 aliphatic carbocycles. The number of nitrogens with one attached hydrogen (secondary N) is 1. The maximum Gasteiger partial charge on any atom is 0.212 e. The fourth-order valence-electron chi connectivity index (χ4n) is 1.59. The predicted molar refractivity (Wildman–Crippen MR) is 84.2 cm³/mol. The lowest BCUT2D eigenvalue weighted by molar-refractivity contribution is 1.21. The van der Waals surface area contributed by atoms with Crippen molar-refractivity contribution in [3.8, 4) is 16.8 Å². The summed E-state index contributed by atoms with van der Waals surface area (Å²) in [6.07, 6.45) is 5.51.